The third-order valence-electron chi connectivity index (χ3n) is 6.13. The minimum atomic E-state index is -4.63. The third-order valence-corrected chi connectivity index (χ3v) is 6.13. The summed E-state index contributed by atoms with van der Waals surface area (Å²) < 4.78 is 39.8. The number of hydrogen-bond donors (Lipinski definition) is 0. The smallest absolute Gasteiger partial charge is 0.339 e. The normalized spacial score (nSPS) is 16.3. The van der Waals surface area contributed by atoms with Gasteiger partial charge in [0.1, 0.15) is 0 Å². The van der Waals surface area contributed by atoms with E-state index >= 15 is 0 Å². The van der Waals surface area contributed by atoms with E-state index in [0.29, 0.717) is 13.0 Å². The summed E-state index contributed by atoms with van der Waals surface area (Å²) in [4.78, 5) is 40.7. The fourth-order valence-corrected chi connectivity index (χ4v) is 4.22. The second-order valence-corrected chi connectivity index (χ2v) is 8.40. The molecule has 7 nitrogen and oxygen atoms in total. The molecule has 0 N–H and O–H groups in total. The lowest BCUT2D eigenvalue weighted by Gasteiger charge is -2.35. The van der Waals surface area contributed by atoms with Crippen LogP contribution in [0.3, 0.4) is 0 Å². The summed E-state index contributed by atoms with van der Waals surface area (Å²) in [6.45, 7) is 1.13. The van der Waals surface area contributed by atoms with E-state index in [1.807, 2.05) is 30.3 Å². The van der Waals surface area contributed by atoms with Gasteiger partial charge in [0.2, 0.25) is 11.8 Å². The Morgan fingerprint density at radius 2 is 1.37 bits per heavy atom. The maximum Gasteiger partial charge on any atom is 0.417 e. The minimum absolute atomic E-state index is 0.0103. The third kappa shape index (κ3) is 5.70. The summed E-state index contributed by atoms with van der Waals surface area (Å²) >= 11 is 0. The second kappa shape index (κ2) is 10.3. The van der Waals surface area contributed by atoms with Gasteiger partial charge in [-0.05, 0) is 17.7 Å². The topological polar surface area (TPSA) is 73.3 Å². The van der Waals surface area contributed by atoms with Crippen LogP contribution in [0.2, 0.25) is 0 Å². The number of hydrogen-bond acceptors (Lipinski definition) is 4. The number of halogens is 3. The molecule has 2 aromatic rings. The van der Waals surface area contributed by atoms with Gasteiger partial charge in [-0.15, -0.1) is 0 Å². The predicted octanol–water partition coefficient (Wildman–Crippen LogP) is 3.41. The highest BCUT2D eigenvalue weighted by Gasteiger charge is 2.36. The second-order valence-electron chi connectivity index (χ2n) is 8.40. The first-order valence-electron chi connectivity index (χ1n) is 11.4. The largest absolute Gasteiger partial charge is 0.417 e. The lowest BCUT2D eigenvalue weighted by molar-refractivity contribution is -0.138. The van der Waals surface area contributed by atoms with E-state index in [4.69, 9.17) is 0 Å². The highest BCUT2D eigenvalue weighted by Crippen LogP contribution is 2.32. The maximum atomic E-state index is 13.3. The SMILES string of the molecule is O=C(CCC(=O)N1CCC(c2ccccc2)=N1)N1CCN(C(=O)c2ccccc2C(F)(F)F)CC1. The molecule has 3 amide bonds. The summed E-state index contributed by atoms with van der Waals surface area (Å²) in [5, 5.41) is 5.78. The molecule has 1 fully saturated rings. The van der Waals surface area contributed by atoms with Crippen molar-refractivity contribution in [1.29, 1.82) is 0 Å². The lowest BCUT2D eigenvalue weighted by atomic mass is 10.1. The zero-order chi connectivity index (χ0) is 25.0. The molecule has 2 aromatic carbocycles. The first-order chi connectivity index (χ1) is 16.7. The molecule has 4 rings (SSSR count). The van der Waals surface area contributed by atoms with Gasteiger partial charge < -0.3 is 9.80 Å². The summed E-state index contributed by atoms with van der Waals surface area (Å²) in [7, 11) is 0. The zero-order valence-corrected chi connectivity index (χ0v) is 19.0. The molecule has 2 aliphatic rings. The van der Waals surface area contributed by atoms with Crippen molar-refractivity contribution in [3.05, 3.63) is 71.3 Å². The first kappa shape index (κ1) is 24.4. The fraction of sp³-hybridized carbons (Fsp3) is 0.360. The molecule has 0 radical (unpaired) electrons. The van der Waals surface area contributed by atoms with Gasteiger partial charge in [-0.25, -0.2) is 5.01 Å². The highest BCUT2D eigenvalue weighted by molar-refractivity contribution is 6.02. The van der Waals surface area contributed by atoms with E-state index < -0.39 is 23.2 Å². The maximum absolute atomic E-state index is 13.3. The molecule has 10 heteroatoms. The molecule has 35 heavy (non-hydrogen) atoms. The molecule has 0 aliphatic carbocycles. The number of nitrogens with zero attached hydrogens (tertiary/aromatic N) is 4. The van der Waals surface area contributed by atoms with Crippen LogP contribution in [0.15, 0.2) is 59.7 Å². The molecular weight excluding hydrogens is 461 g/mol. The average molecular weight is 486 g/mol. The number of alkyl halides is 3. The Balaban J connectivity index is 1.27. The van der Waals surface area contributed by atoms with Crippen LogP contribution >= 0.6 is 0 Å². The van der Waals surface area contributed by atoms with Gasteiger partial charge in [0.05, 0.1) is 23.4 Å². The number of rotatable bonds is 5. The summed E-state index contributed by atoms with van der Waals surface area (Å²) in [6, 6.07) is 14.3. The molecule has 0 saturated carbocycles. The van der Waals surface area contributed by atoms with E-state index in [1.54, 1.807) is 0 Å². The molecule has 0 bridgehead atoms. The zero-order valence-electron chi connectivity index (χ0n) is 19.0. The van der Waals surface area contributed by atoms with Crippen molar-refractivity contribution in [1.82, 2.24) is 14.8 Å². The standard InChI is InChI=1S/C25H25F3N4O3/c26-25(27,28)20-9-5-4-8-19(20)24(35)31-16-14-30(15-17-31)22(33)10-11-23(34)32-13-12-21(29-32)18-6-2-1-3-7-18/h1-9H,10-17H2. The van der Waals surface area contributed by atoms with Crippen molar-refractivity contribution >= 4 is 23.4 Å². The van der Waals surface area contributed by atoms with Crippen molar-refractivity contribution in [3.8, 4) is 0 Å². The van der Waals surface area contributed by atoms with Crippen molar-refractivity contribution in [2.45, 2.75) is 25.4 Å². The summed E-state index contributed by atoms with van der Waals surface area (Å²) in [5.74, 6) is -1.17. The number of amides is 3. The number of benzene rings is 2. The van der Waals surface area contributed by atoms with Crippen LogP contribution in [0.25, 0.3) is 0 Å². The molecule has 1 saturated heterocycles. The monoisotopic (exact) mass is 486 g/mol. The molecule has 0 spiro atoms. The van der Waals surface area contributed by atoms with Crippen LogP contribution in [-0.2, 0) is 15.8 Å². The van der Waals surface area contributed by atoms with Crippen LogP contribution in [0.1, 0.15) is 40.7 Å². The Labute approximate surface area is 200 Å². The Bertz CT molecular complexity index is 1130. The molecule has 2 heterocycles. The highest BCUT2D eigenvalue weighted by atomic mass is 19.4. The van der Waals surface area contributed by atoms with Crippen molar-refractivity contribution in [2.24, 2.45) is 5.10 Å². The van der Waals surface area contributed by atoms with Gasteiger partial charge in [-0.2, -0.15) is 18.3 Å². The fourth-order valence-electron chi connectivity index (χ4n) is 4.22. The Morgan fingerprint density at radius 3 is 2.06 bits per heavy atom. The predicted molar refractivity (Wildman–Crippen MR) is 122 cm³/mol. The summed E-state index contributed by atoms with van der Waals surface area (Å²) in [5.41, 5.74) is 0.427. The summed E-state index contributed by atoms with van der Waals surface area (Å²) in [6.07, 6.45) is -3.95. The van der Waals surface area contributed by atoms with Crippen molar-refractivity contribution in [3.63, 3.8) is 0 Å². The van der Waals surface area contributed by atoms with Gasteiger partial charge in [0.25, 0.3) is 5.91 Å². The molecule has 0 atom stereocenters. The average Bonchev–Trinajstić information content (AvgIpc) is 3.37. The first-order valence-corrected chi connectivity index (χ1v) is 11.4. The quantitative estimate of drug-likeness (QED) is 0.650. The Hall–Kier alpha value is -3.69. The van der Waals surface area contributed by atoms with Crippen molar-refractivity contribution in [2.75, 3.05) is 32.7 Å². The Morgan fingerprint density at radius 1 is 0.771 bits per heavy atom. The van der Waals surface area contributed by atoms with Gasteiger partial charge >= 0.3 is 6.18 Å². The van der Waals surface area contributed by atoms with Crippen LogP contribution in [0.4, 0.5) is 13.2 Å². The molecular formula is C25H25F3N4O3. The molecule has 0 unspecified atom stereocenters. The molecule has 184 valence electrons. The van der Waals surface area contributed by atoms with E-state index in [-0.39, 0.29) is 50.8 Å². The minimum Gasteiger partial charge on any atom is -0.339 e. The van der Waals surface area contributed by atoms with Gasteiger partial charge in [-0.1, -0.05) is 42.5 Å². The Kier molecular flexibility index (Phi) is 7.18. The number of hydrazone groups is 1. The van der Waals surface area contributed by atoms with Crippen LogP contribution in [-0.4, -0.2) is 71.0 Å². The van der Waals surface area contributed by atoms with Gasteiger partial charge in [0, 0.05) is 45.4 Å². The lowest BCUT2D eigenvalue weighted by Crippen LogP contribution is -2.51. The van der Waals surface area contributed by atoms with E-state index in [1.165, 1.54) is 33.0 Å². The number of carbonyl (C=O) groups excluding carboxylic acids is 3. The van der Waals surface area contributed by atoms with Crippen LogP contribution in [0.5, 0.6) is 0 Å². The van der Waals surface area contributed by atoms with Crippen LogP contribution < -0.4 is 0 Å². The number of carbonyl (C=O) groups is 3. The van der Waals surface area contributed by atoms with Gasteiger partial charge in [0.15, 0.2) is 0 Å². The molecule has 0 aromatic heterocycles. The van der Waals surface area contributed by atoms with E-state index in [9.17, 15) is 27.6 Å². The van der Waals surface area contributed by atoms with E-state index in [0.717, 1.165) is 17.3 Å². The molecule has 2 aliphatic heterocycles. The van der Waals surface area contributed by atoms with Gasteiger partial charge in [-0.3, -0.25) is 14.4 Å². The number of piperazine rings is 1. The van der Waals surface area contributed by atoms with Crippen LogP contribution in [0, 0.1) is 0 Å². The van der Waals surface area contributed by atoms with E-state index in [2.05, 4.69) is 5.10 Å². The van der Waals surface area contributed by atoms with Crippen molar-refractivity contribution < 1.29 is 27.6 Å².